The number of fused-ring (bicyclic) bond motifs is 2. The summed E-state index contributed by atoms with van der Waals surface area (Å²) in [6.45, 7) is 1.93. The molecule has 0 N–H and O–H groups in total. The third-order valence-corrected chi connectivity index (χ3v) is 2.85. The Morgan fingerprint density at radius 1 is 1.27 bits per heavy atom. The largest absolute Gasteiger partial charge is 0.264 e. The quantitative estimate of drug-likeness (QED) is 0.650. The minimum Gasteiger partial charge on any atom is -0.264 e. The summed E-state index contributed by atoms with van der Waals surface area (Å²) in [6.07, 6.45) is 6.79. The summed E-state index contributed by atoms with van der Waals surface area (Å²) in [5.41, 5.74) is 0.927. The lowest BCUT2D eigenvalue weighted by molar-refractivity contribution is 0.00186. The zero-order valence-electron chi connectivity index (χ0n) is 8.63. The van der Waals surface area contributed by atoms with E-state index < -0.39 is 0 Å². The van der Waals surface area contributed by atoms with Crippen LogP contribution >= 0.6 is 0 Å². The van der Waals surface area contributed by atoms with Crippen LogP contribution in [-0.2, 0) is 4.84 Å². The number of nitrogens with zero attached hydrogens (tertiary/aromatic N) is 3. The SMILES string of the molecule is Cc1ccc(N2OC3C=CC2CC3)nn1. The van der Waals surface area contributed by atoms with Gasteiger partial charge in [-0.3, -0.25) is 4.84 Å². The second kappa shape index (κ2) is 3.31. The fourth-order valence-corrected chi connectivity index (χ4v) is 2.02. The first-order valence-corrected chi connectivity index (χ1v) is 5.27. The molecule has 1 aromatic heterocycles. The van der Waals surface area contributed by atoms with Crippen LogP contribution < -0.4 is 5.06 Å². The number of anilines is 1. The summed E-state index contributed by atoms with van der Waals surface area (Å²) in [7, 11) is 0. The molecular weight excluding hydrogens is 190 g/mol. The highest BCUT2D eigenvalue weighted by Gasteiger charge is 2.31. The first-order valence-electron chi connectivity index (χ1n) is 5.27. The molecule has 0 aromatic carbocycles. The first kappa shape index (κ1) is 8.85. The summed E-state index contributed by atoms with van der Waals surface area (Å²) in [5.74, 6) is 0.805. The van der Waals surface area contributed by atoms with Crippen molar-refractivity contribution < 1.29 is 4.84 Å². The van der Waals surface area contributed by atoms with Crippen LogP contribution in [0.25, 0.3) is 0 Å². The summed E-state index contributed by atoms with van der Waals surface area (Å²) in [6, 6.07) is 4.24. The molecule has 0 radical (unpaired) electrons. The summed E-state index contributed by atoms with van der Waals surface area (Å²) in [5, 5.41) is 10.1. The molecule has 0 saturated carbocycles. The highest BCUT2D eigenvalue weighted by Crippen LogP contribution is 2.30. The van der Waals surface area contributed by atoms with Crippen LogP contribution in [0.1, 0.15) is 18.5 Å². The third kappa shape index (κ3) is 1.51. The average molecular weight is 203 g/mol. The van der Waals surface area contributed by atoms with Gasteiger partial charge in [-0.2, -0.15) is 5.10 Å². The summed E-state index contributed by atoms with van der Waals surface area (Å²) < 4.78 is 0. The van der Waals surface area contributed by atoms with Crippen LogP contribution in [-0.4, -0.2) is 22.3 Å². The van der Waals surface area contributed by atoms with Gasteiger partial charge in [-0.15, -0.1) is 5.10 Å². The van der Waals surface area contributed by atoms with Gasteiger partial charge in [0.1, 0.15) is 6.10 Å². The van der Waals surface area contributed by atoms with Gasteiger partial charge < -0.3 is 0 Å². The number of rotatable bonds is 1. The number of hydroxylamine groups is 1. The molecule has 1 fully saturated rings. The molecule has 1 saturated heterocycles. The van der Waals surface area contributed by atoms with Crippen molar-refractivity contribution >= 4 is 5.82 Å². The number of aromatic nitrogens is 2. The Morgan fingerprint density at radius 3 is 2.73 bits per heavy atom. The lowest BCUT2D eigenvalue weighted by atomic mass is 9.98. The van der Waals surface area contributed by atoms with E-state index in [1.165, 1.54) is 0 Å². The average Bonchev–Trinajstić information content (AvgIpc) is 2.31. The van der Waals surface area contributed by atoms with E-state index in [4.69, 9.17) is 4.84 Å². The maximum Gasteiger partial charge on any atom is 0.175 e. The second-order valence-electron chi connectivity index (χ2n) is 4.03. The third-order valence-electron chi connectivity index (χ3n) is 2.85. The van der Waals surface area contributed by atoms with Gasteiger partial charge in [0.05, 0.1) is 11.7 Å². The van der Waals surface area contributed by atoms with E-state index in [1.54, 1.807) is 0 Å². The monoisotopic (exact) mass is 203 g/mol. The fourth-order valence-electron chi connectivity index (χ4n) is 2.02. The highest BCUT2D eigenvalue weighted by atomic mass is 16.7. The van der Waals surface area contributed by atoms with Crippen LogP contribution in [0.4, 0.5) is 5.82 Å². The van der Waals surface area contributed by atoms with Crippen LogP contribution in [0.2, 0.25) is 0 Å². The Morgan fingerprint density at radius 2 is 2.20 bits per heavy atom. The van der Waals surface area contributed by atoms with Crippen LogP contribution in [0, 0.1) is 6.92 Å². The minimum absolute atomic E-state index is 0.220. The van der Waals surface area contributed by atoms with Crippen molar-refractivity contribution in [3.8, 4) is 0 Å². The Hall–Kier alpha value is -1.42. The van der Waals surface area contributed by atoms with E-state index >= 15 is 0 Å². The lowest BCUT2D eigenvalue weighted by Gasteiger charge is -2.40. The molecule has 3 heterocycles. The number of hydrogen-bond acceptors (Lipinski definition) is 4. The molecule has 1 aromatic rings. The van der Waals surface area contributed by atoms with Gasteiger partial charge in [0.2, 0.25) is 0 Å². The zero-order chi connectivity index (χ0) is 10.3. The maximum absolute atomic E-state index is 5.76. The van der Waals surface area contributed by atoms with Crippen molar-refractivity contribution in [2.75, 3.05) is 5.06 Å². The Bertz CT molecular complexity index is 387. The molecule has 2 atom stereocenters. The van der Waals surface area contributed by atoms with Gasteiger partial charge in [0.15, 0.2) is 5.82 Å². The van der Waals surface area contributed by atoms with Crippen molar-refractivity contribution in [3.63, 3.8) is 0 Å². The molecule has 1 aliphatic carbocycles. The molecule has 4 rings (SSSR count). The number of hydrogen-bond donors (Lipinski definition) is 0. The molecule has 4 heteroatoms. The lowest BCUT2D eigenvalue weighted by Crippen LogP contribution is -2.46. The molecule has 78 valence electrons. The van der Waals surface area contributed by atoms with E-state index in [9.17, 15) is 0 Å². The zero-order valence-corrected chi connectivity index (χ0v) is 8.63. The van der Waals surface area contributed by atoms with Crippen molar-refractivity contribution in [1.82, 2.24) is 10.2 Å². The maximum atomic E-state index is 5.76. The minimum atomic E-state index is 0.220. The van der Waals surface area contributed by atoms with Gasteiger partial charge in [-0.05, 0) is 31.9 Å². The Kier molecular flexibility index (Phi) is 1.95. The smallest absolute Gasteiger partial charge is 0.175 e. The van der Waals surface area contributed by atoms with E-state index in [2.05, 4.69) is 22.3 Å². The Balaban J connectivity index is 1.89. The van der Waals surface area contributed by atoms with Gasteiger partial charge in [-0.25, -0.2) is 5.06 Å². The first-order chi connectivity index (χ1) is 7.33. The molecule has 15 heavy (non-hydrogen) atoms. The van der Waals surface area contributed by atoms with Gasteiger partial charge in [-0.1, -0.05) is 12.2 Å². The highest BCUT2D eigenvalue weighted by molar-refractivity contribution is 5.39. The van der Waals surface area contributed by atoms with Gasteiger partial charge in [0.25, 0.3) is 0 Å². The van der Waals surface area contributed by atoms with Crippen molar-refractivity contribution in [2.45, 2.75) is 31.9 Å². The normalized spacial score (nSPS) is 28.5. The molecule has 2 aliphatic heterocycles. The predicted octanol–water partition coefficient (Wildman–Crippen LogP) is 1.62. The number of aryl methyl sites for hydroxylation is 1. The molecular formula is C11H13N3O. The van der Waals surface area contributed by atoms with Crippen molar-refractivity contribution in [3.05, 3.63) is 30.0 Å². The van der Waals surface area contributed by atoms with Gasteiger partial charge in [0, 0.05) is 0 Å². The summed E-state index contributed by atoms with van der Waals surface area (Å²) >= 11 is 0. The second-order valence-corrected chi connectivity index (χ2v) is 4.03. The fraction of sp³-hybridized carbons (Fsp3) is 0.455. The summed E-state index contributed by atoms with van der Waals surface area (Å²) in [4.78, 5) is 5.76. The van der Waals surface area contributed by atoms with E-state index in [0.717, 1.165) is 24.4 Å². The Labute approximate surface area is 88.5 Å². The van der Waals surface area contributed by atoms with Crippen LogP contribution in [0.15, 0.2) is 24.3 Å². The van der Waals surface area contributed by atoms with E-state index in [1.807, 2.05) is 24.1 Å². The molecule has 2 unspecified atom stereocenters. The molecule has 0 spiro atoms. The van der Waals surface area contributed by atoms with Crippen LogP contribution in [0.3, 0.4) is 0 Å². The molecule has 2 bridgehead atoms. The van der Waals surface area contributed by atoms with Crippen molar-refractivity contribution in [2.24, 2.45) is 0 Å². The molecule has 4 nitrogen and oxygen atoms in total. The standard InChI is InChI=1S/C11H13N3O/c1-8-2-7-11(13-12-8)14-9-3-5-10(15-14)6-4-9/h2-3,5,7,9-10H,4,6H2,1H3. The molecule has 0 amide bonds. The topological polar surface area (TPSA) is 38.2 Å². The molecule has 3 aliphatic rings. The van der Waals surface area contributed by atoms with E-state index in [0.29, 0.717) is 6.04 Å². The predicted molar refractivity (Wildman–Crippen MR) is 56.3 cm³/mol. The van der Waals surface area contributed by atoms with Gasteiger partial charge >= 0.3 is 0 Å². The van der Waals surface area contributed by atoms with E-state index in [-0.39, 0.29) is 6.10 Å². The van der Waals surface area contributed by atoms with Crippen molar-refractivity contribution in [1.29, 1.82) is 0 Å². The van der Waals surface area contributed by atoms with Crippen LogP contribution in [0.5, 0.6) is 0 Å².